The van der Waals surface area contributed by atoms with Crippen LogP contribution >= 0.6 is 0 Å². The lowest BCUT2D eigenvalue weighted by atomic mass is 9.84. The maximum absolute atomic E-state index is 12.4. The van der Waals surface area contributed by atoms with Crippen LogP contribution in [0.4, 0.5) is 5.69 Å². The first-order valence-corrected chi connectivity index (χ1v) is 13.8. The maximum Gasteiger partial charge on any atom is 0.235 e. The number of imide groups is 1. The summed E-state index contributed by atoms with van der Waals surface area (Å²) >= 11 is 0. The summed E-state index contributed by atoms with van der Waals surface area (Å²) in [6.07, 6.45) is 11.0. The first kappa shape index (κ1) is 24.3. The molecule has 35 heavy (non-hydrogen) atoms. The third-order valence-corrected chi connectivity index (χ3v) is 8.53. The van der Waals surface area contributed by atoms with Crippen LogP contribution < -0.4 is 10.2 Å². The molecule has 1 saturated carbocycles. The Labute approximate surface area is 209 Å². The first-order valence-electron chi connectivity index (χ1n) is 13.8. The number of carbonyl (C=O) groups is 2. The lowest BCUT2D eigenvalue weighted by Crippen LogP contribution is -2.47. The van der Waals surface area contributed by atoms with Gasteiger partial charge < -0.3 is 4.90 Å². The minimum atomic E-state index is -0.356. The molecule has 2 amide bonds. The predicted molar refractivity (Wildman–Crippen MR) is 139 cm³/mol. The van der Waals surface area contributed by atoms with Gasteiger partial charge in [0, 0.05) is 57.3 Å². The van der Waals surface area contributed by atoms with Crippen LogP contribution in [0.1, 0.15) is 76.3 Å². The van der Waals surface area contributed by atoms with Gasteiger partial charge in [0.05, 0.1) is 17.1 Å². The van der Waals surface area contributed by atoms with Gasteiger partial charge in [-0.3, -0.25) is 24.5 Å². The van der Waals surface area contributed by atoms with E-state index in [0.717, 1.165) is 54.6 Å². The first-order chi connectivity index (χ1) is 17.0. The monoisotopic (exact) mass is 479 g/mol. The number of aromatic nitrogens is 2. The number of hydrogen-bond acceptors (Lipinski definition) is 5. The molecule has 1 aliphatic carbocycles. The second kappa shape index (κ2) is 10.7. The lowest BCUT2D eigenvalue weighted by Gasteiger charge is -2.37. The second-order valence-corrected chi connectivity index (χ2v) is 11.2. The van der Waals surface area contributed by atoms with E-state index in [-0.39, 0.29) is 17.7 Å². The Hall–Kier alpha value is -2.41. The molecule has 0 radical (unpaired) electrons. The number of rotatable bonds is 7. The Bertz CT molecular complexity index is 1050. The third kappa shape index (κ3) is 5.55. The van der Waals surface area contributed by atoms with Gasteiger partial charge in [0.2, 0.25) is 11.8 Å². The number of hydrogen-bond donors (Lipinski definition) is 1. The van der Waals surface area contributed by atoms with Gasteiger partial charge in [0.15, 0.2) is 0 Å². The molecule has 1 unspecified atom stereocenters. The van der Waals surface area contributed by atoms with E-state index < -0.39 is 0 Å². The summed E-state index contributed by atoms with van der Waals surface area (Å²) < 4.78 is 1.88. The smallest absolute Gasteiger partial charge is 0.235 e. The van der Waals surface area contributed by atoms with Crippen molar-refractivity contribution in [1.29, 1.82) is 0 Å². The number of anilines is 1. The van der Waals surface area contributed by atoms with Crippen molar-refractivity contribution in [2.75, 3.05) is 37.6 Å². The van der Waals surface area contributed by atoms with Crippen LogP contribution in [0.3, 0.4) is 0 Å². The summed E-state index contributed by atoms with van der Waals surface area (Å²) in [6, 6.07) is 6.48. The SMILES string of the molecule is C[C@H](CCC1CCCCC1)CN1CCN(c2ccc3c(C4CCC(=O)NC4=O)nn(C)c3c2)CC1. The fourth-order valence-corrected chi connectivity index (χ4v) is 6.40. The molecule has 2 aliphatic heterocycles. The van der Waals surface area contributed by atoms with Crippen LogP contribution in [-0.4, -0.2) is 59.2 Å². The van der Waals surface area contributed by atoms with Crippen LogP contribution in [0.25, 0.3) is 10.9 Å². The van der Waals surface area contributed by atoms with E-state index in [2.05, 4.69) is 45.3 Å². The fourth-order valence-electron chi connectivity index (χ4n) is 6.40. The highest BCUT2D eigenvalue weighted by molar-refractivity contribution is 6.02. The Balaban J connectivity index is 1.17. The van der Waals surface area contributed by atoms with Crippen LogP contribution in [0.5, 0.6) is 0 Å². The number of fused-ring (bicyclic) bond motifs is 1. The van der Waals surface area contributed by atoms with Crippen molar-refractivity contribution >= 4 is 28.4 Å². The van der Waals surface area contributed by atoms with Crippen molar-refractivity contribution in [2.24, 2.45) is 18.9 Å². The minimum absolute atomic E-state index is 0.188. The van der Waals surface area contributed by atoms with Crippen molar-refractivity contribution < 1.29 is 9.59 Å². The molecule has 1 aromatic carbocycles. The van der Waals surface area contributed by atoms with Gasteiger partial charge in [-0.2, -0.15) is 5.10 Å². The van der Waals surface area contributed by atoms with Crippen LogP contribution in [-0.2, 0) is 16.6 Å². The summed E-state index contributed by atoms with van der Waals surface area (Å²) in [7, 11) is 1.94. The fraction of sp³-hybridized carbons (Fsp3) is 0.679. The molecular formula is C28H41N5O2. The molecule has 2 saturated heterocycles. The van der Waals surface area contributed by atoms with Gasteiger partial charge in [-0.1, -0.05) is 45.4 Å². The summed E-state index contributed by atoms with van der Waals surface area (Å²) in [4.78, 5) is 29.1. The molecular weight excluding hydrogens is 438 g/mol. The molecule has 190 valence electrons. The van der Waals surface area contributed by atoms with Gasteiger partial charge in [-0.05, 0) is 42.9 Å². The standard InChI is InChI=1S/C28H41N5O2/c1-20(8-9-21-6-4-3-5-7-21)19-32-14-16-33(17-15-32)22-10-11-23-25(18-22)31(2)30-27(23)24-12-13-26(34)29-28(24)35/h10-11,18,20-21,24H,3-9,12-17,19H2,1-2H3,(H,29,34,35)/t20-,24?/m1/s1. The Morgan fingerprint density at radius 2 is 1.83 bits per heavy atom. The molecule has 3 aliphatic rings. The number of piperazine rings is 1. The molecule has 0 spiro atoms. The number of nitrogens with one attached hydrogen (secondary N) is 1. The highest BCUT2D eigenvalue weighted by atomic mass is 16.2. The molecule has 7 nitrogen and oxygen atoms in total. The van der Waals surface area contributed by atoms with E-state index in [9.17, 15) is 9.59 Å². The van der Waals surface area contributed by atoms with Gasteiger partial charge in [0.1, 0.15) is 0 Å². The van der Waals surface area contributed by atoms with Gasteiger partial charge in [-0.15, -0.1) is 0 Å². The Morgan fingerprint density at radius 3 is 2.57 bits per heavy atom. The zero-order valence-electron chi connectivity index (χ0n) is 21.5. The topological polar surface area (TPSA) is 70.5 Å². The van der Waals surface area contributed by atoms with Crippen LogP contribution in [0, 0.1) is 11.8 Å². The van der Waals surface area contributed by atoms with E-state index in [1.807, 2.05) is 11.7 Å². The number of amides is 2. The molecule has 0 bridgehead atoms. The van der Waals surface area contributed by atoms with Gasteiger partial charge in [0.25, 0.3) is 0 Å². The van der Waals surface area contributed by atoms with Crippen molar-refractivity contribution in [2.45, 2.75) is 70.6 Å². The van der Waals surface area contributed by atoms with Gasteiger partial charge in [-0.25, -0.2) is 0 Å². The zero-order chi connectivity index (χ0) is 24.4. The summed E-state index contributed by atoms with van der Waals surface area (Å²) in [6.45, 7) is 7.96. The van der Waals surface area contributed by atoms with Crippen molar-refractivity contribution in [3.63, 3.8) is 0 Å². The molecule has 3 heterocycles. The lowest BCUT2D eigenvalue weighted by molar-refractivity contribution is -0.134. The van der Waals surface area contributed by atoms with E-state index in [1.54, 1.807) is 0 Å². The average Bonchev–Trinajstić information content (AvgIpc) is 3.19. The normalized spacial score (nSPS) is 23.6. The van der Waals surface area contributed by atoms with Crippen LogP contribution in [0.2, 0.25) is 0 Å². The number of benzene rings is 1. The summed E-state index contributed by atoms with van der Waals surface area (Å²) in [5.74, 6) is 0.993. The van der Waals surface area contributed by atoms with Crippen molar-refractivity contribution in [3.05, 3.63) is 23.9 Å². The van der Waals surface area contributed by atoms with Crippen molar-refractivity contribution in [1.82, 2.24) is 20.0 Å². The average molecular weight is 480 g/mol. The molecule has 1 aromatic heterocycles. The maximum atomic E-state index is 12.4. The quantitative estimate of drug-likeness (QED) is 0.603. The molecule has 7 heteroatoms. The van der Waals surface area contributed by atoms with E-state index in [0.29, 0.717) is 12.8 Å². The van der Waals surface area contributed by atoms with E-state index in [1.165, 1.54) is 57.2 Å². The number of nitrogens with zero attached hydrogens (tertiary/aromatic N) is 4. The summed E-state index contributed by atoms with van der Waals surface area (Å²) in [5, 5.41) is 8.17. The second-order valence-electron chi connectivity index (χ2n) is 11.2. The molecule has 2 atom stereocenters. The highest BCUT2D eigenvalue weighted by Crippen LogP contribution is 2.33. The van der Waals surface area contributed by atoms with E-state index >= 15 is 0 Å². The molecule has 1 N–H and O–H groups in total. The number of carbonyl (C=O) groups excluding carboxylic acids is 2. The third-order valence-electron chi connectivity index (χ3n) is 8.53. The van der Waals surface area contributed by atoms with Gasteiger partial charge >= 0.3 is 0 Å². The molecule has 2 aromatic rings. The highest BCUT2D eigenvalue weighted by Gasteiger charge is 2.32. The molecule has 3 fully saturated rings. The van der Waals surface area contributed by atoms with Crippen LogP contribution in [0.15, 0.2) is 18.2 Å². The Kier molecular flexibility index (Phi) is 7.42. The summed E-state index contributed by atoms with van der Waals surface area (Å²) in [5.41, 5.74) is 3.05. The van der Waals surface area contributed by atoms with E-state index in [4.69, 9.17) is 0 Å². The van der Waals surface area contributed by atoms with Crippen molar-refractivity contribution in [3.8, 4) is 0 Å². The zero-order valence-corrected chi connectivity index (χ0v) is 21.5. The predicted octanol–water partition coefficient (Wildman–Crippen LogP) is 4.21. The molecule has 5 rings (SSSR count). The number of piperidine rings is 1. The number of aryl methyl sites for hydroxylation is 1. The minimum Gasteiger partial charge on any atom is -0.369 e. The largest absolute Gasteiger partial charge is 0.369 e. The Morgan fingerprint density at radius 1 is 1.06 bits per heavy atom.